The number of aliphatic hydroxyl groups is 1. The number of aromatic nitrogens is 2. The van der Waals surface area contributed by atoms with Gasteiger partial charge in [0.15, 0.2) is 0 Å². The molecule has 1 unspecified atom stereocenters. The third-order valence-electron chi connectivity index (χ3n) is 6.22. The van der Waals surface area contributed by atoms with Crippen LogP contribution in [0.2, 0.25) is 0 Å². The molecule has 0 bridgehead atoms. The summed E-state index contributed by atoms with van der Waals surface area (Å²) in [5, 5.41) is 18.5. The fraction of sp³-hybridized carbons (Fsp3) is 0.550. The van der Waals surface area contributed by atoms with Crippen LogP contribution < -0.4 is 10.1 Å². The fourth-order valence-corrected chi connectivity index (χ4v) is 4.64. The standard InChI is InChI=1S/C20H25N3O2/c1-13-11-21-23(12-13)19-15(9-17(19)24)22-16-10-20(7-4-8-20)25-18-6-3-2-5-14(16)18/h2-3,5-6,11-12,15-17,19,22,24H,4,7-10H2,1H3/t15-,16?,17+,19+/m0/s1. The molecule has 1 aromatic carbocycles. The van der Waals surface area contributed by atoms with Crippen molar-refractivity contribution >= 4 is 0 Å². The Morgan fingerprint density at radius 2 is 2.16 bits per heavy atom. The number of hydrogen-bond donors (Lipinski definition) is 2. The first kappa shape index (κ1) is 15.4. The highest BCUT2D eigenvalue weighted by Gasteiger charge is 2.48. The highest BCUT2D eigenvalue weighted by molar-refractivity contribution is 5.39. The zero-order valence-corrected chi connectivity index (χ0v) is 14.6. The first-order valence-corrected chi connectivity index (χ1v) is 9.36. The van der Waals surface area contributed by atoms with Crippen molar-refractivity contribution in [3.05, 3.63) is 47.8 Å². The number of aryl methyl sites for hydroxylation is 1. The number of ether oxygens (including phenoxy) is 1. The summed E-state index contributed by atoms with van der Waals surface area (Å²) in [4.78, 5) is 0. The van der Waals surface area contributed by atoms with Crippen LogP contribution in [0.5, 0.6) is 5.75 Å². The molecule has 4 atom stereocenters. The quantitative estimate of drug-likeness (QED) is 0.903. The minimum Gasteiger partial charge on any atom is -0.487 e. The van der Waals surface area contributed by atoms with Gasteiger partial charge in [-0.1, -0.05) is 18.2 Å². The van der Waals surface area contributed by atoms with Gasteiger partial charge in [-0.15, -0.1) is 0 Å². The summed E-state index contributed by atoms with van der Waals surface area (Å²) >= 11 is 0. The second kappa shape index (κ2) is 5.58. The third kappa shape index (κ3) is 2.49. The van der Waals surface area contributed by atoms with E-state index < -0.39 is 0 Å². The SMILES string of the molecule is Cc1cnn([C@H]2[C@H](O)C[C@@H]2NC2CC3(CCC3)Oc3ccccc32)c1. The molecule has 0 saturated heterocycles. The van der Waals surface area contributed by atoms with Crippen LogP contribution in [-0.4, -0.2) is 32.6 Å². The Morgan fingerprint density at radius 3 is 2.84 bits per heavy atom. The third-order valence-corrected chi connectivity index (χ3v) is 6.22. The minimum atomic E-state index is -0.329. The van der Waals surface area contributed by atoms with Crippen LogP contribution in [-0.2, 0) is 0 Å². The monoisotopic (exact) mass is 339 g/mol. The van der Waals surface area contributed by atoms with E-state index >= 15 is 0 Å². The molecule has 3 aliphatic rings. The lowest BCUT2D eigenvalue weighted by Gasteiger charge is -2.50. The van der Waals surface area contributed by atoms with E-state index in [1.54, 1.807) is 0 Å². The van der Waals surface area contributed by atoms with Crippen LogP contribution in [0.25, 0.3) is 0 Å². The molecule has 2 N–H and O–H groups in total. The summed E-state index contributed by atoms with van der Waals surface area (Å²) in [6.07, 6.45) is 8.89. The minimum absolute atomic E-state index is 0.0149. The van der Waals surface area contributed by atoms with Crippen molar-refractivity contribution in [3.63, 3.8) is 0 Å². The molecule has 5 heteroatoms. The van der Waals surface area contributed by atoms with Gasteiger partial charge >= 0.3 is 0 Å². The smallest absolute Gasteiger partial charge is 0.124 e. The summed E-state index contributed by atoms with van der Waals surface area (Å²) < 4.78 is 8.27. The van der Waals surface area contributed by atoms with E-state index in [0.29, 0.717) is 0 Å². The Balaban J connectivity index is 1.40. The van der Waals surface area contributed by atoms with Crippen LogP contribution in [0.3, 0.4) is 0 Å². The largest absolute Gasteiger partial charge is 0.487 e. The maximum Gasteiger partial charge on any atom is 0.124 e. The van der Waals surface area contributed by atoms with Crippen LogP contribution in [0, 0.1) is 6.92 Å². The van der Waals surface area contributed by atoms with E-state index in [-0.39, 0.29) is 29.8 Å². The second-order valence-electron chi connectivity index (χ2n) is 8.00. The van der Waals surface area contributed by atoms with E-state index in [0.717, 1.165) is 37.0 Å². The molecule has 1 aliphatic heterocycles. The number of para-hydroxylation sites is 1. The molecular weight excluding hydrogens is 314 g/mol. The van der Waals surface area contributed by atoms with Gasteiger partial charge in [0.05, 0.1) is 18.3 Å². The predicted molar refractivity (Wildman–Crippen MR) is 94.6 cm³/mol. The molecule has 0 radical (unpaired) electrons. The molecule has 132 valence electrons. The van der Waals surface area contributed by atoms with Crippen molar-refractivity contribution in [2.75, 3.05) is 0 Å². The van der Waals surface area contributed by atoms with Crippen LogP contribution in [0.1, 0.15) is 55.3 Å². The summed E-state index contributed by atoms with van der Waals surface area (Å²) in [6, 6.07) is 8.93. The lowest BCUT2D eigenvalue weighted by molar-refractivity contribution is -0.0511. The summed E-state index contributed by atoms with van der Waals surface area (Å²) in [7, 11) is 0. The molecule has 25 heavy (non-hydrogen) atoms. The van der Waals surface area contributed by atoms with Crippen molar-refractivity contribution in [3.8, 4) is 5.75 Å². The maximum atomic E-state index is 10.3. The van der Waals surface area contributed by atoms with Gasteiger partial charge in [0, 0.05) is 30.3 Å². The van der Waals surface area contributed by atoms with Crippen molar-refractivity contribution < 1.29 is 9.84 Å². The number of fused-ring (bicyclic) bond motifs is 1. The van der Waals surface area contributed by atoms with Crippen molar-refractivity contribution in [2.24, 2.45) is 0 Å². The Kier molecular flexibility index (Phi) is 3.44. The Labute approximate surface area is 148 Å². The second-order valence-corrected chi connectivity index (χ2v) is 8.00. The number of hydrogen-bond acceptors (Lipinski definition) is 4. The van der Waals surface area contributed by atoms with Crippen LogP contribution in [0.15, 0.2) is 36.7 Å². The molecule has 1 aromatic heterocycles. The maximum absolute atomic E-state index is 10.3. The number of nitrogens with zero attached hydrogens (tertiary/aromatic N) is 2. The molecular formula is C20H25N3O2. The zero-order chi connectivity index (χ0) is 17.0. The van der Waals surface area contributed by atoms with E-state index in [2.05, 4.69) is 34.7 Å². The van der Waals surface area contributed by atoms with Gasteiger partial charge in [0.25, 0.3) is 0 Å². The van der Waals surface area contributed by atoms with Crippen molar-refractivity contribution in [1.82, 2.24) is 15.1 Å². The van der Waals surface area contributed by atoms with Gasteiger partial charge in [-0.3, -0.25) is 4.68 Å². The van der Waals surface area contributed by atoms with Gasteiger partial charge in [-0.05, 0) is 44.2 Å². The molecule has 2 aromatic rings. The van der Waals surface area contributed by atoms with E-state index in [1.807, 2.05) is 24.0 Å². The average molecular weight is 339 g/mol. The average Bonchev–Trinajstić information content (AvgIpc) is 2.98. The Bertz CT molecular complexity index is 783. The van der Waals surface area contributed by atoms with E-state index in [4.69, 9.17) is 4.74 Å². The van der Waals surface area contributed by atoms with Gasteiger partial charge in [-0.25, -0.2) is 0 Å². The molecule has 2 heterocycles. The van der Waals surface area contributed by atoms with Gasteiger partial charge in [-0.2, -0.15) is 5.10 Å². The highest BCUT2D eigenvalue weighted by Crippen LogP contribution is 2.49. The predicted octanol–water partition coefficient (Wildman–Crippen LogP) is 2.90. The molecule has 0 amide bonds. The van der Waals surface area contributed by atoms with E-state index in [9.17, 15) is 5.11 Å². The first-order chi connectivity index (χ1) is 12.1. The number of nitrogens with one attached hydrogen (secondary N) is 1. The molecule has 5 rings (SSSR count). The van der Waals surface area contributed by atoms with Crippen molar-refractivity contribution in [1.29, 1.82) is 0 Å². The first-order valence-electron chi connectivity index (χ1n) is 9.36. The lowest BCUT2D eigenvalue weighted by atomic mass is 9.72. The summed E-state index contributed by atoms with van der Waals surface area (Å²) in [5.74, 6) is 1.03. The molecule has 1 spiro atoms. The topological polar surface area (TPSA) is 59.3 Å². The lowest BCUT2D eigenvalue weighted by Crippen LogP contribution is -2.57. The van der Waals surface area contributed by atoms with Gasteiger partial charge < -0.3 is 15.2 Å². The zero-order valence-electron chi connectivity index (χ0n) is 14.6. The highest BCUT2D eigenvalue weighted by atomic mass is 16.5. The van der Waals surface area contributed by atoms with E-state index in [1.165, 1.54) is 12.0 Å². The van der Waals surface area contributed by atoms with Crippen molar-refractivity contribution in [2.45, 2.75) is 68.9 Å². The van der Waals surface area contributed by atoms with Crippen LogP contribution in [0.4, 0.5) is 0 Å². The van der Waals surface area contributed by atoms with Gasteiger partial charge in [0.2, 0.25) is 0 Å². The van der Waals surface area contributed by atoms with Gasteiger partial charge in [0.1, 0.15) is 11.4 Å². The fourth-order valence-electron chi connectivity index (χ4n) is 4.64. The molecule has 5 nitrogen and oxygen atoms in total. The molecule has 2 fully saturated rings. The Morgan fingerprint density at radius 1 is 1.32 bits per heavy atom. The normalized spacial score (nSPS) is 32.4. The molecule has 2 aliphatic carbocycles. The summed E-state index contributed by atoms with van der Waals surface area (Å²) in [6.45, 7) is 2.03. The number of rotatable bonds is 3. The number of aliphatic hydroxyl groups excluding tert-OH is 1. The Hall–Kier alpha value is -1.85. The summed E-state index contributed by atoms with van der Waals surface area (Å²) in [5.41, 5.74) is 2.39. The number of benzene rings is 1. The van der Waals surface area contributed by atoms with Crippen LogP contribution >= 0.6 is 0 Å². The molecule has 2 saturated carbocycles.